The Balaban J connectivity index is 2.38. The fourth-order valence-electron chi connectivity index (χ4n) is 1.70. The van der Waals surface area contributed by atoms with Gasteiger partial charge in [-0.3, -0.25) is 0 Å². The van der Waals surface area contributed by atoms with E-state index in [0.29, 0.717) is 0 Å². The summed E-state index contributed by atoms with van der Waals surface area (Å²) < 4.78 is 0. The molecule has 0 spiro atoms. The van der Waals surface area contributed by atoms with Gasteiger partial charge in [0.15, 0.2) is 0 Å². The van der Waals surface area contributed by atoms with Crippen LogP contribution in [0.15, 0.2) is 12.2 Å². The minimum Gasteiger partial charge on any atom is -0.0880 e. The molecular weight excluding hydrogens is 120 g/mol. The van der Waals surface area contributed by atoms with Gasteiger partial charge in [0.05, 0.1) is 0 Å². The minimum absolute atomic E-state index is 0.888. The van der Waals surface area contributed by atoms with E-state index < -0.39 is 0 Å². The zero-order valence-corrected chi connectivity index (χ0v) is 7.14. The highest BCUT2D eigenvalue weighted by Gasteiger charge is 2.13. The van der Waals surface area contributed by atoms with Crippen LogP contribution in [-0.2, 0) is 0 Å². The second kappa shape index (κ2) is 3.80. The average Bonchev–Trinajstić information content (AvgIpc) is 2.05. The minimum atomic E-state index is 0.888. The van der Waals surface area contributed by atoms with Gasteiger partial charge in [-0.1, -0.05) is 32.4 Å². The summed E-state index contributed by atoms with van der Waals surface area (Å²) in [7, 11) is 0. The quantitative estimate of drug-likeness (QED) is 0.513. The summed E-state index contributed by atoms with van der Waals surface area (Å²) >= 11 is 0. The van der Waals surface area contributed by atoms with Crippen LogP contribution < -0.4 is 0 Å². The summed E-state index contributed by atoms with van der Waals surface area (Å²) in [6.45, 7) is 4.59. The molecule has 0 heteroatoms. The first-order valence-electron chi connectivity index (χ1n) is 4.53. The lowest BCUT2D eigenvalue weighted by molar-refractivity contribution is 0.382. The summed E-state index contributed by atoms with van der Waals surface area (Å²) in [6.07, 6.45) is 10.2. The maximum absolute atomic E-state index is 2.40. The van der Waals surface area contributed by atoms with Crippen LogP contribution in [0.2, 0.25) is 0 Å². The molecule has 0 heterocycles. The lowest BCUT2D eigenvalue weighted by atomic mass is 9.84. The van der Waals surface area contributed by atoms with Crippen LogP contribution in [0, 0.1) is 11.8 Å². The molecule has 0 saturated carbocycles. The molecule has 0 nitrogen and oxygen atoms in total. The lowest BCUT2D eigenvalue weighted by Gasteiger charge is -2.22. The number of hydrogen-bond donors (Lipinski definition) is 0. The molecule has 0 aromatic heterocycles. The fraction of sp³-hybridized carbons (Fsp3) is 0.800. The summed E-state index contributed by atoms with van der Waals surface area (Å²) in [5, 5.41) is 0. The standard InChI is InChI=1S/C10H18/c1-3-9-6-5-7-10(4-2)8-9/h5-6,9-10H,3-4,7-8H2,1-2H3. The first-order valence-corrected chi connectivity index (χ1v) is 4.53. The van der Waals surface area contributed by atoms with Crippen molar-refractivity contribution in [2.75, 3.05) is 0 Å². The fourth-order valence-corrected chi connectivity index (χ4v) is 1.70. The van der Waals surface area contributed by atoms with Crippen LogP contribution >= 0.6 is 0 Å². The summed E-state index contributed by atoms with van der Waals surface area (Å²) in [4.78, 5) is 0. The van der Waals surface area contributed by atoms with E-state index in [4.69, 9.17) is 0 Å². The molecule has 0 radical (unpaired) electrons. The Morgan fingerprint density at radius 1 is 1.30 bits per heavy atom. The Labute approximate surface area is 64.3 Å². The third-order valence-corrected chi connectivity index (χ3v) is 2.62. The van der Waals surface area contributed by atoms with Crippen molar-refractivity contribution >= 4 is 0 Å². The first-order chi connectivity index (χ1) is 4.86. The van der Waals surface area contributed by atoms with Crippen molar-refractivity contribution in [3.8, 4) is 0 Å². The van der Waals surface area contributed by atoms with Crippen LogP contribution in [0.5, 0.6) is 0 Å². The molecular formula is C10H18. The van der Waals surface area contributed by atoms with E-state index in [-0.39, 0.29) is 0 Å². The highest BCUT2D eigenvalue weighted by Crippen LogP contribution is 2.27. The lowest BCUT2D eigenvalue weighted by Crippen LogP contribution is -2.09. The molecule has 1 rings (SSSR count). The smallest absolute Gasteiger partial charge is 0.0233 e. The van der Waals surface area contributed by atoms with Gasteiger partial charge in [-0.05, 0) is 31.1 Å². The molecule has 10 heavy (non-hydrogen) atoms. The number of hydrogen-bond acceptors (Lipinski definition) is 0. The van der Waals surface area contributed by atoms with Gasteiger partial charge in [-0.25, -0.2) is 0 Å². The predicted molar refractivity (Wildman–Crippen MR) is 45.9 cm³/mol. The third kappa shape index (κ3) is 1.86. The number of rotatable bonds is 2. The van der Waals surface area contributed by atoms with E-state index in [1.165, 1.54) is 25.7 Å². The molecule has 0 aromatic rings. The molecule has 1 aliphatic rings. The molecule has 58 valence electrons. The van der Waals surface area contributed by atoms with Crippen molar-refractivity contribution in [1.82, 2.24) is 0 Å². The second-order valence-corrected chi connectivity index (χ2v) is 3.34. The Bertz CT molecular complexity index is 113. The van der Waals surface area contributed by atoms with E-state index in [1.54, 1.807) is 0 Å². The second-order valence-electron chi connectivity index (χ2n) is 3.34. The van der Waals surface area contributed by atoms with Crippen molar-refractivity contribution in [2.45, 2.75) is 39.5 Å². The van der Waals surface area contributed by atoms with Crippen LogP contribution in [-0.4, -0.2) is 0 Å². The van der Waals surface area contributed by atoms with Gasteiger partial charge in [0.2, 0.25) is 0 Å². The Morgan fingerprint density at radius 2 is 2.10 bits per heavy atom. The maximum atomic E-state index is 2.40. The zero-order valence-electron chi connectivity index (χ0n) is 7.14. The van der Waals surface area contributed by atoms with Gasteiger partial charge in [0, 0.05) is 0 Å². The van der Waals surface area contributed by atoms with Gasteiger partial charge in [0.1, 0.15) is 0 Å². The van der Waals surface area contributed by atoms with Crippen molar-refractivity contribution in [2.24, 2.45) is 11.8 Å². The van der Waals surface area contributed by atoms with E-state index in [2.05, 4.69) is 26.0 Å². The third-order valence-electron chi connectivity index (χ3n) is 2.62. The van der Waals surface area contributed by atoms with Crippen molar-refractivity contribution < 1.29 is 0 Å². The van der Waals surface area contributed by atoms with E-state index in [0.717, 1.165) is 11.8 Å². The monoisotopic (exact) mass is 138 g/mol. The van der Waals surface area contributed by atoms with Gasteiger partial charge < -0.3 is 0 Å². The highest BCUT2D eigenvalue weighted by atomic mass is 14.2. The zero-order chi connectivity index (χ0) is 7.40. The highest BCUT2D eigenvalue weighted by molar-refractivity contribution is 4.95. The predicted octanol–water partition coefficient (Wildman–Crippen LogP) is 3.39. The molecule has 0 aromatic carbocycles. The van der Waals surface area contributed by atoms with Crippen LogP contribution in [0.4, 0.5) is 0 Å². The molecule has 0 N–H and O–H groups in total. The Kier molecular flexibility index (Phi) is 2.98. The van der Waals surface area contributed by atoms with Gasteiger partial charge in [-0.2, -0.15) is 0 Å². The molecule has 0 amide bonds. The van der Waals surface area contributed by atoms with Gasteiger partial charge in [0.25, 0.3) is 0 Å². The van der Waals surface area contributed by atoms with E-state index in [9.17, 15) is 0 Å². The topological polar surface area (TPSA) is 0 Å². The van der Waals surface area contributed by atoms with E-state index >= 15 is 0 Å². The Morgan fingerprint density at radius 3 is 2.70 bits per heavy atom. The molecule has 0 bridgehead atoms. The number of allylic oxidation sites excluding steroid dienone is 2. The van der Waals surface area contributed by atoms with Crippen molar-refractivity contribution in [3.63, 3.8) is 0 Å². The molecule has 0 saturated heterocycles. The SMILES string of the molecule is CCC1C=CCC(CC)C1. The molecule has 2 atom stereocenters. The first kappa shape index (κ1) is 7.84. The molecule has 0 aliphatic heterocycles. The average molecular weight is 138 g/mol. The van der Waals surface area contributed by atoms with E-state index in [1.807, 2.05) is 0 Å². The largest absolute Gasteiger partial charge is 0.0880 e. The van der Waals surface area contributed by atoms with Crippen LogP contribution in [0.1, 0.15) is 39.5 Å². The Hall–Kier alpha value is -0.260. The molecule has 0 fully saturated rings. The van der Waals surface area contributed by atoms with Crippen LogP contribution in [0.25, 0.3) is 0 Å². The van der Waals surface area contributed by atoms with Crippen LogP contribution in [0.3, 0.4) is 0 Å². The normalized spacial score (nSPS) is 32.6. The maximum Gasteiger partial charge on any atom is -0.0233 e. The summed E-state index contributed by atoms with van der Waals surface area (Å²) in [6, 6.07) is 0. The molecule has 2 unspecified atom stereocenters. The van der Waals surface area contributed by atoms with Crippen molar-refractivity contribution in [3.05, 3.63) is 12.2 Å². The van der Waals surface area contributed by atoms with Crippen molar-refractivity contribution in [1.29, 1.82) is 0 Å². The molecule has 1 aliphatic carbocycles. The van der Waals surface area contributed by atoms with Gasteiger partial charge >= 0.3 is 0 Å². The van der Waals surface area contributed by atoms with Gasteiger partial charge in [-0.15, -0.1) is 0 Å². The summed E-state index contributed by atoms with van der Waals surface area (Å²) in [5.74, 6) is 1.87. The summed E-state index contributed by atoms with van der Waals surface area (Å²) in [5.41, 5.74) is 0.